The molecule has 0 fully saturated rings. The molecule has 0 spiro atoms. The summed E-state index contributed by atoms with van der Waals surface area (Å²) in [5, 5.41) is 9.05. The van der Waals surface area contributed by atoms with E-state index in [9.17, 15) is 0 Å². The smallest absolute Gasteiger partial charge is 0.178 e. The van der Waals surface area contributed by atoms with Crippen molar-refractivity contribution in [3.8, 4) is 22.3 Å². The van der Waals surface area contributed by atoms with Crippen LogP contribution in [0.2, 0.25) is 0 Å². The van der Waals surface area contributed by atoms with Crippen LogP contribution >= 0.6 is 0 Å². The van der Waals surface area contributed by atoms with Crippen molar-refractivity contribution >= 4 is 99.5 Å². The van der Waals surface area contributed by atoms with Gasteiger partial charge in [0, 0.05) is 55.7 Å². The fourth-order valence-electron chi connectivity index (χ4n) is 11.2. The van der Waals surface area contributed by atoms with Crippen molar-refractivity contribution in [1.82, 2.24) is 0 Å². The van der Waals surface area contributed by atoms with E-state index in [1.807, 2.05) is 0 Å². The Morgan fingerprint density at radius 2 is 0.611 bits per heavy atom. The first-order chi connectivity index (χ1) is 35.3. The predicted octanol–water partition coefficient (Wildman–Crippen LogP) is 20.3. The van der Waals surface area contributed by atoms with Gasteiger partial charge in [-0.25, -0.2) is 0 Å². The lowest BCUT2D eigenvalue weighted by molar-refractivity contribution is 0.632. The van der Waals surface area contributed by atoms with Crippen LogP contribution in [-0.4, -0.2) is 0 Å². The van der Waals surface area contributed by atoms with E-state index in [-0.39, 0.29) is 11.8 Å². The van der Waals surface area contributed by atoms with Crippen molar-refractivity contribution in [3.05, 3.63) is 242 Å². The first kappa shape index (κ1) is 43.2. The Hall–Kier alpha value is -8.86. The van der Waals surface area contributed by atoms with Crippen LogP contribution in [0.4, 0.5) is 34.1 Å². The predicted molar refractivity (Wildman–Crippen MR) is 304 cm³/mol. The summed E-state index contributed by atoms with van der Waals surface area (Å²) in [7, 11) is 0. The number of rotatable bonds is 10. The molecule has 346 valence electrons. The largest absolute Gasteiger partial charge is 0.452 e. The van der Waals surface area contributed by atoms with Crippen LogP contribution in [0.25, 0.3) is 87.7 Å². The summed E-state index contributed by atoms with van der Waals surface area (Å²) >= 11 is 0. The van der Waals surface area contributed by atoms with Gasteiger partial charge in [0.1, 0.15) is 11.2 Å². The molecule has 0 radical (unpaired) electrons. The molecule has 2 aromatic heterocycles. The molecular formula is C68H52N2O2. The highest BCUT2D eigenvalue weighted by Gasteiger charge is 2.28. The Kier molecular flexibility index (Phi) is 10.5. The molecule has 4 heteroatoms. The second-order valence-corrected chi connectivity index (χ2v) is 19.7. The van der Waals surface area contributed by atoms with Gasteiger partial charge in [0.2, 0.25) is 0 Å². The first-order valence-corrected chi connectivity index (χ1v) is 25.1. The monoisotopic (exact) mass is 928 g/mol. The van der Waals surface area contributed by atoms with Crippen LogP contribution in [0, 0.1) is 0 Å². The maximum Gasteiger partial charge on any atom is 0.178 e. The summed E-state index contributed by atoms with van der Waals surface area (Å²) in [4.78, 5) is 4.66. The van der Waals surface area contributed by atoms with Gasteiger partial charge < -0.3 is 18.6 Å². The molecule has 0 saturated heterocycles. The van der Waals surface area contributed by atoms with Crippen LogP contribution < -0.4 is 9.80 Å². The zero-order chi connectivity index (χ0) is 48.5. The molecule has 2 heterocycles. The minimum atomic E-state index is 0.236. The molecule has 0 N–H and O–H groups in total. The third-order valence-electron chi connectivity index (χ3n) is 14.5. The van der Waals surface area contributed by atoms with Crippen LogP contribution in [0.5, 0.6) is 0 Å². The van der Waals surface area contributed by atoms with Gasteiger partial charge in [-0.2, -0.15) is 0 Å². The molecule has 11 aromatic carbocycles. The Labute approximate surface area is 419 Å². The fourth-order valence-corrected chi connectivity index (χ4v) is 11.2. The van der Waals surface area contributed by atoms with Crippen LogP contribution in [0.3, 0.4) is 0 Å². The van der Waals surface area contributed by atoms with Gasteiger partial charge >= 0.3 is 0 Å². The normalized spacial score (nSPS) is 11.9. The van der Waals surface area contributed by atoms with E-state index >= 15 is 0 Å². The molecule has 0 unspecified atom stereocenters. The maximum atomic E-state index is 7.12. The van der Waals surface area contributed by atoms with Gasteiger partial charge in [0.05, 0.1) is 0 Å². The van der Waals surface area contributed by atoms with E-state index in [2.05, 4.69) is 268 Å². The quantitative estimate of drug-likeness (QED) is 0.137. The minimum absolute atomic E-state index is 0.236. The lowest BCUT2D eigenvalue weighted by atomic mass is 9.84. The molecule has 0 bridgehead atoms. The lowest BCUT2D eigenvalue weighted by Crippen LogP contribution is -2.09. The Balaban J connectivity index is 0.952. The minimum Gasteiger partial charge on any atom is -0.452 e. The van der Waals surface area contributed by atoms with Crippen molar-refractivity contribution < 1.29 is 8.83 Å². The van der Waals surface area contributed by atoms with Crippen molar-refractivity contribution in [3.63, 3.8) is 0 Å². The van der Waals surface area contributed by atoms with E-state index in [0.717, 1.165) is 99.5 Å². The summed E-state index contributed by atoms with van der Waals surface area (Å²) in [5.74, 6) is 0.471. The highest BCUT2D eigenvalue weighted by molar-refractivity contribution is 6.24. The molecule has 72 heavy (non-hydrogen) atoms. The van der Waals surface area contributed by atoms with Gasteiger partial charge in [-0.15, -0.1) is 0 Å². The van der Waals surface area contributed by atoms with Crippen molar-refractivity contribution in [2.75, 3.05) is 9.80 Å². The number of furan rings is 2. The second kappa shape index (κ2) is 17.5. The number of fused-ring (bicyclic) bond motifs is 9. The summed E-state index contributed by atoms with van der Waals surface area (Å²) in [5.41, 5.74) is 17.3. The number of nitrogens with zero attached hydrogens (tertiary/aromatic N) is 2. The Morgan fingerprint density at radius 1 is 0.292 bits per heavy atom. The van der Waals surface area contributed by atoms with E-state index in [0.29, 0.717) is 0 Å². The molecule has 4 nitrogen and oxygen atoms in total. The fraction of sp³-hybridized carbons (Fsp3) is 0.0882. The van der Waals surface area contributed by atoms with E-state index in [1.54, 1.807) is 0 Å². The highest BCUT2D eigenvalue weighted by Crippen LogP contribution is 2.50. The number of benzene rings is 11. The average Bonchev–Trinajstić information content (AvgIpc) is 3.98. The van der Waals surface area contributed by atoms with Crippen molar-refractivity contribution in [2.45, 2.75) is 39.5 Å². The van der Waals surface area contributed by atoms with Gasteiger partial charge in [0.25, 0.3) is 0 Å². The third-order valence-corrected chi connectivity index (χ3v) is 14.5. The van der Waals surface area contributed by atoms with Crippen molar-refractivity contribution in [1.29, 1.82) is 0 Å². The Bertz CT molecular complexity index is 3850. The standard InChI is InChI=1S/C68H52N2O2/c1-43(2)63-64(44(3)4)66-60-40-50-30-36-58(70(54-23-15-8-16-24-54)56-33-27-48(28-34-56)46-19-11-6-12-20-46)38-52(50)42-62(60)72-68(66)67-65(63)59-39-49-29-35-57(37-51(49)41-61(59)71-67)69(53-21-13-7-14-22-53)55-31-25-47(26-32-55)45-17-9-5-10-18-45/h5-44H,1-4H3. The molecular weight excluding hydrogens is 877 g/mol. The molecule has 13 aromatic rings. The first-order valence-electron chi connectivity index (χ1n) is 25.1. The lowest BCUT2D eigenvalue weighted by Gasteiger charge is -2.26. The number of hydrogen-bond donors (Lipinski definition) is 0. The average molecular weight is 929 g/mol. The summed E-state index contributed by atoms with van der Waals surface area (Å²) < 4.78 is 14.2. The summed E-state index contributed by atoms with van der Waals surface area (Å²) in [6.07, 6.45) is 0. The summed E-state index contributed by atoms with van der Waals surface area (Å²) in [6, 6.07) is 82.7. The van der Waals surface area contributed by atoms with Crippen LogP contribution in [0.15, 0.2) is 239 Å². The molecule has 0 atom stereocenters. The number of para-hydroxylation sites is 2. The zero-order valence-electron chi connectivity index (χ0n) is 40.8. The Morgan fingerprint density at radius 3 is 0.972 bits per heavy atom. The van der Waals surface area contributed by atoms with Gasteiger partial charge in [0.15, 0.2) is 11.2 Å². The molecule has 13 rings (SSSR count). The highest BCUT2D eigenvalue weighted by atomic mass is 16.4. The van der Waals surface area contributed by atoms with E-state index < -0.39 is 0 Å². The molecule has 0 amide bonds. The maximum absolute atomic E-state index is 7.12. The molecule has 0 aliphatic rings. The topological polar surface area (TPSA) is 32.8 Å². The zero-order valence-corrected chi connectivity index (χ0v) is 40.8. The molecule has 0 saturated carbocycles. The number of anilines is 6. The van der Waals surface area contributed by atoms with Gasteiger partial charge in [-0.1, -0.05) is 161 Å². The summed E-state index contributed by atoms with van der Waals surface area (Å²) in [6.45, 7) is 9.26. The van der Waals surface area contributed by atoms with Crippen molar-refractivity contribution in [2.24, 2.45) is 0 Å². The van der Waals surface area contributed by atoms with E-state index in [4.69, 9.17) is 8.83 Å². The van der Waals surface area contributed by atoms with Crippen LogP contribution in [0.1, 0.15) is 50.7 Å². The molecule has 0 aliphatic heterocycles. The second-order valence-electron chi connectivity index (χ2n) is 19.7. The SMILES string of the molecule is CC(C)c1c(C(C)C)c2c3cc4ccc(N(c5ccccc5)c5ccc(-c6ccccc6)cc5)cc4cc3oc2c2oc3cc4cc(N(c5ccccc5)c5ccc(-c6ccccc6)cc5)ccc4cc3c12. The number of hydrogen-bond acceptors (Lipinski definition) is 4. The van der Waals surface area contributed by atoms with Gasteiger partial charge in [-0.05, 0) is 164 Å². The van der Waals surface area contributed by atoms with E-state index in [1.165, 1.54) is 33.4 Å². The van der Waals surface area contributed by atoms with Gasteiger partial charge in [-0.3, -0.25) is 0 Å². The van der Waals surface area contributed by atoms with Crippen LogP contribution in [-0.2, 0) is 0 Å². The molecule has 0 aliphatic carbocycles. The third kappa shape index (κ3) is 7.38.